The third-order valence-electron chi connectivity index (χ3n) is 1.35. The molecule has 0 radical (unpaired) electrons. The van der Waals surface area contributed by atoms with E-state index in [0.29, 0.717) is 23.9 Å². The molecule has 58 valence electrons. The normalized spacial score (nSPS) is 9.18. The highest BCUT2D eigenvalue weighted by Gasteiger charge is 2.06. The predicted molar refractivity (Wildman–Crippen MR) is 40.1 cm³/mol. The molecule has 1 aromatic heterocycles. The zero-order chi connectivity index (χ0) is 8.27. The molecule has 1 aromatic rings. The average molecular weight is 151 g/mol. The molecule has 0 aliphatic carbocycles. The fourth-order valence-electron chi connectivity index (χ4n) is 0.774. The molecule has 0 aliphatic rings. The minimum absolute atomic E-state index is 0.303. The number of aromatic nitrogens is 1. The second kappa shape index (κ2) is 3.06. The van der Waals surface area contributed by atoms with E-state index in [1.54, 1.807) is 14.0 Å². The highest BCUT2D eigenvalue weighted by Crippen LogP contribution is 2.13. The first-order valence-electron chi connectivity index (χ1n) is 3.29. The molecular weight excluding hydrogens is 142 g/mol. The molecule has 0 saturated heterocycles. The number of anilines is 1. The second-order valence-corrected chi connectivity index (χ2v) is 2.11. The van der Waals surface area contributed by atoms with Gasteiger partial charge in [-0.2, -0.15) is 10.2 Å². The van der Waals surface area contributed by atoms with Gasteiger partial charge in [0.05, 0.1) is 18.2 Å². The van der Waals surface area contributed by atoms with E-state index in [2.05, 4.69) is 10.3 Å². The van der Waals surface area contributed by atoms with Crippen LogP contribution < -0.4 is 5.32 Å². The largest absolute Gasteiger partial charge is 0.429 e. The number of hydrogen-bond acceptors (Lipinski definition) is 4. The van der Waals surface area contributed by atoms with Gasteiger partial charge in [0.2, 0.25) is 0 Å². The van der Waals surface area contributed by atoms with Gasteiger partial charge >= 0.3 is 0 Å². The Kier molecular flexibility index (Phi) is 2.12. The van der Waals surface area contributed by atoms with Gasteiger partial charge in [-0.25, -0.2) is 0 Å². The van der Waals surface area contributed by atoms with Gasteiger partial charge in [-0.05, 0) is 6.92 Å². The van der Waals surface area contributed by atoms with E-state index in [1.807, 2.05) is 6.07 Å². The smallest absolute Gasteiger partial charge is 0.294 e. The predicted octanol–water partition coefficient (Wildman–Crippen LogP) is 1.09. The third kappa shape index (κ3) is 1.49. The van der Waals surface area contributed by atoms with Crippen LogP contribution in [-0.2, 0) is 6.42 Å². The zero-order valence-electron chi connectivity index (χ0n) is 6.51. The van der Waals surface area contributed by atoms with Crippen LogP contribution in [0, 0.1) is 18.3 Å². The van der Waals surface area contributed by atoms with Crippen LogP contribution >= 0.6 is 0 Å². The molecule has 0 aromatic carbocycles. The van der Waals surface area contributed by atoms with E-state index in [1.165, 1.54) is 0 Å². The highest BCUT2D eigenvalue weighted by atomic mass is 16.4. The Morgan fingerprint density at radius 3 is 2.91 bits per heavy atom. The molecule has 1 N–H and O–H groups in total. The van der Waals surface area contributed by atoms with Crippen molar-refractivity contribution in [1.29, 1.82) is 5.26 Å². The fraction of sp³-hybridized carbons (Fsp3) is 0.429. The van der Waals surface area contributed by atoms with Crippen molar-refractivity contribution >= 4 is 6.01 Å². The van der Waals surface area contributed by atoms with Crippen molar-refractivity contribution in [2.24, 2.45) is 0 Å². The Balaban J connectivity index is 2.90. The van der Waals surface area contributed by atoms with E-state index in [9.17, 15) is 0 Å². The minimum Gasteiger partial charge on any atom is -0.429 e. The molecule has 0 bridgehead atoms. The van der Waals surface area contributed by atoms with Gasteiger partial charge in [-0.3, -0.25) is 0 Å². The number of nitriles is 1. The molecule has 0 spiro atoms. The Hall–Kier alpha value is -1.50. The first kappa shape index (κ1) is 7.61. The first-order valence-corrected chi connectivity index (χ1v) is 3.29. The Morgan fingerprint density at radius 2 is 2.45 bits per heavy atom. The molecule has 4 nitrogen and oxygen atoms in total. The fourth-order valence-corrected chi connectivity index (χ4v) is 0.774. The molecule has 1 rings (SSSR count). The van der Waals surface area contributed by atoms with E-state index in [0.717, 1.165) is 0 Å². The van der Waals surface area contributed by atoms with Crippen LogP contribution in [0.5, 0.6) is 0 Å². The van der Waals surface area contributed by atoms with Gasteiger partial charge in [0.1, 0.15) is 5.76 Å². The highest BCUT2D eigenvalue weighted by molar-refractivity contribution is 5.25. The van der Waals surface area contributed by atoms with Crippen LogP contribution in [0.15, 0.2) is 4.42 Å². The molecule has 4 heteroatoms. The third-order valence-corrected chi connectivity index (χ3v) is 1.35. The Morgan fingerprint density at radius 1 is 1.73 bits per heavy atom. The van der Waals surface area contributed by atoms with E-state index >= 15 is 0 Å². The van der Waals surface area contributed by atoms with Crippen LogP contribution in [0.1, 0.15) is 11.5 Å². The van der Waals surface area contributed by atoms with Crippen LogP contribution in [0.2, 0.25) is 0 Å². The van der Waals surface area contributed by atoms with E-state index in [-0.39, 0.29) is 0 Å². The lowest BCUT2D eigenvalue weighted by molar-refractivity contribution is 0.541. The number of hydrogen-bond donors (Lipinski definition) is 1. The molecule has 0 amide bonds. The quantitative estimate of drug-likeness (QED) is 0.687. The van der Waals surface area contributed by atoms with Gasteiger partial charge in [0.15, 0.2) is 0 Å². The number of rotatable bonds is 2. The van der Waals surface area contributed by atoms with Crippen molar-refractivity contribution in [3.8, 4) is 6.07 Å². The van der Waals surface area contributed by atoms with Gasteiger partial charge < -0.3 is 9.73 Å². The topological polar surface area (TPSA) is 61.9 Å². The van der Waals surface area contributed by atoms with Crippen molar-refractivity contribution in [2.75, 3.05) is 12.4 Å². The van der Waals surface area contributed by atoms with Gasteiger partial charge in [-0.15, -0.1) is 0 Å². The maximum absolute atomic E-state index is 8.37. The maximum Gasteiger partial charge on any atom is 0.294 e. The van der Waals surface area contributed by atoms with Crippen molar-refractivity contribution in [2.45, 2.75) is 13.3 Å². The molecule has 0 saturated carbocycles. The summed E-state index contributed by atoms with van der Waals surface area (Å²) in [5.41, 5.74) is 0.705. The molecule has 1 heterocycles. The summed E-state index contributed by atoms with van der Waals surface area (Å²) in [6, 6.07) is 2.48. The monoisotopic (exact) mass is 151 g/mol. The summed E-state index contributed by atoms with van der Waals surface area (Å²) < 4.78 is 5.14. The van der Waals surface area contributed by atoms with Crippen molar-refractivity contribution in [1.82, 2.24) is 4.98 Å². The standard InChI is InChI=1S/C7H9N3O/c1-5-6(3-4-8)10-7(9-2)11-5/h3H2,1-2H3,(H,9,10). The van der Waals surface area contributed by atoms with Gasteiger partial charge in [-0.1, -0.05) is 0 Å². The lowest BCUT2D eigenvalue weighted by Gasteiger charge is -1.85. The zero-order valence-corrected chi connectivity index (χ0v) is 6.51. The molecule has 11 heavy (non-hydrogen) atoms. The van der Waals surface area contributed by atoms with Gasteiger partial charge in [0, 0.05) is 7.05 Å². The van der Waals surface area contributed by atoms with Crippen LogP contribution in [0.3, 0.4) is 0 Å². The molecule has 0 fully saturated rings. The summed E-state index contributed by atoms with van der Waals surface area (Å²) in [4.78, 5) is 4.02. The molecule has 0 aliphatic heterocycles. The Labute approximate surface area is 64.8 Å². The van der Waals surface area contributed by atoms with Crippen molar-refractivity contribution in [3.63, 3.8) is 0 Å². The molecule has 0 atom stereocenters. The maximum atomic E-state index is 8.37. The summed E-state index contributed by atoms with van der Waals surface area (Å²) in [6.07, 6.45) is 0.303. The molecule has 0 unspecified atom stereocenters. The Bertz CT molecular complexity index is 284. The SMILES string of the molecule is CNc1nc(CC#N)c(C)o1. The van der Waals surface area contributed by atoms with E-state index < -0.39 is 0 Å². The lowest BCUT2D eigenvalue weighted by atomic mass is 10.3. The summed E-state index contributed by atoms with van der Waals surface area (Å²) in [6.45, 7) is 1.79. The summed E-state index contributed by atoms with van der Waals surface area (Å²) in [5.74, 6) is 0.705. The van der Waals surface area contributed by atoms with Crippen LogP contribution in [-0.4, -0.2) is 12.0 Å². The summed E-state index contributed by atoms with van der Waals surface area (Å²) in [5, 5.41) is 11.1. The van der Waals surface area contributed by atoms with E-state index in [4.69, 9.17) is 9.68 Å². The molecular formula is C7H9N3O. The lowest BCUT2D eigenvalue weighted by Crippen LogP contribution is -1.88. The number of nitrogens with one attached hydrogen (secondary N) is 1. The number of aryl methyl sites for hydroxylation is 1. The van der Waals surface area contributed by atoms with Crippen LogP contribution in [0.25, 0.3) is 0 Å². The number of oxazole rings is 1. The minimum atomic E-state index is 0.303. The summed E-state index contributed by atoms with van der Waals surface area (Å²) in [7, 11) is 1.72. The second-order valence-electron chi connectivity index (χ2n) is 2.11. The van der Waals surface area contributed by atoms with Gasteiger partial charge in [0.25, 0.3) is 6.01 Å². The number of nitrogens with zero attached hydrogens (tertiary/aromatic N) is 2. The van der Waals surface area contributed by atoms with Crippen molar-refractivity contribution in [3.05, 3.63) is 11.5 Å². The van der Waals surface area contributed by atoms with Crippen LogP contribution in [0.4, 0.5) is 6.01 Å². The first-order chi connectivity index (χ1) is 5.27. The average Bonchev–Trinajstić information content (AvgIpc) is 2.33. The summed E-state index contributed by atoms with van der Waals surface area (Å²) >= 11 is 0. The van der Waals surface area contributed by atoms with Crippen molar-refractivity contribution < 1.29 is 4.42 Å².